The molecule has 7 nitrogen and oxygen atoms in total. The number of aromatic nitrogens is 2. The second kappa shape index (κ2) is 8.62. The van der Waals surface area contributed by atoms with Crippen LogP contribution in [0.3, 0.4) is 0 Å². The number of carbonyl (C=O) groups is 1. The van der Waals surface area contributed by atoms with Gasteiger partial charge < -0.3 is 16.0 Å². The van der Waals surface area contributed by atoms with E-state index >= 15 is 4.39 Å². The summed E-state index contributed by atoms with van der Waals surface area (Å²) in [6.07, 6.45) is 0.981. The lowest BCUT2D eigenvalue weighted by Gasteiger charge is -2.43. The number of nitrogens with one attached hydrogen (secondary N) is 1. The highest BCUT2D eigenvalue weighted by atomic mass is 79.9. The summed E-state index contributed by atoms with van der Waals surface area (Å²) >= 11 is 8.89. The molecule has 33 heavy (non-hydrogen) atoms. The lowest BCUT2D eigenvalue weighted by Crippen LogP contribution is -2.59. The first kappa shape index (κ1) is 23.5. The van der Waals surface area contributed by atoms with Gasteiger partial charge in [0.05, 0.1) is 26.6 Å². The van der Waals surface area contributed by atoms with E-state index in [0.717, 1.165) is 16.8 Å². The first-order chi connectivity index (χ1) is 15.5. The standard InChI is InChI=1S/C21H18BrClF3N5O2/c1-8(2)28-9-5-30(6-9)17-12(24)3-10-16(15(17)22)31(7-11(18(10)32)19(23)33)21-14(26)4-13(25)20(27)29-21/h3-4,7-9,28H,5-6H2,1-2H3,(H2,27,29). The smallest absolute Gasteiger partial charge is 0.257 e. The molecule has 0 atom stereocenters. The van der Waals surface area contributed by atoms with Crippen LogP contribution in [0.25, 0.3) is 16.7 Å². The number of hydrogen-bond acceptors (Lipinski definition) is 6. The lowest BCUT2D eigenvalue weighted by atomic mass is 10.0. The molecule has 3 heterocycles. The van der Waals surface area contributed by atoms with Gasteiger partial charge in [-0.15, -0.1) is 0 Å². The van der Waals surface area contributed by atoms with Crippen LogP contribution < -0.4 is 21.4 Å². The first-order valence-corrected chi connectivity index (χ1v) is 11.1. The maximum Gasteiger partial charge on any atom is 0.257 e. The van der Waals surface area contributed by atoms with Crippen molar-refractivity contribution in [3.8, 4) is 5.82 Å². The topological polar surface area (TPSA) is 93.2 Å². The molecule has 1 saturated heterocycles. The maximum absolute atomic E-state index is 15.2. The Labute approximate surface area is 199 Å². The molecule has 1 aromatic carbocycles. The quantitative estimate of drug-likeness (QED) is 0.476. The maximum atomic E-state index is 15.2. The molecule has 0 spiro atoms. The summed E-state index contributed by atoms with van der Waals surface area (Å²) in [6, 6.07) is 1.88. The van der Waals surface area contributed by atoms with Crippen molar-refractivity contribution < 1.29 is 18.0 Å². The van der Waals surface area contributed by atoms with Gasteiger partial charge in [-0.1, -0.05) is 13.8 Å². The highest BCUT2D eigenvalue weighted by Crippen LogP contribution is 2.39. The second-order valence-corrected chi connectivity index (χ2v) is 9.15. The number of anilines is 2. The van der Waals surface area contributed by atoms with Crippen LogP contribution in [-0.2, 0) is 0 Å². The number of halogens is 5. The third-order valence-electron chi connectivity index (χ3n) is 5.30. The molecule has 1 fully saturated rings. The molecule has 0 amide bonds. The zero-order chi connectivity index (χ0) is 24.2. The fourth-order valence-corrected chi connectivity index (χ4v) is 4.86. The summed E-state index contributed by atoms with van der Waals surface area (Å²) in [7, 11) is 0. The predicted octanol–water partition coefficient (Wildman–Crippen LogP) is 3.71. The summed E-state index contributed by atoms with van der Waals surface area (Å²) in [5.74, 6) is -3.99. The van der Waals surface area contributed by atoms with Crippen molar-refractivity contribution >= 4 is 55.2 Å². The van der Waals surface area contributed by atoms with Crippen molar-refractivity contribution in [2.24, 2.45) is 0 Å². The van der Waals surface area contributed by atoms with Crippen LogP contribution in [0.5, 0.6) is 0 Å². The predicted molar refractivity (Wildman–Crippen MR) is 124 cm³/mol. The molecule has 4 rings (SSSR count). The molecule has 1 aliphatic rings. The normalized spacial score (nSPS) is 14.2. The minimum absolute atomic E-state index is 0.0238. The molecule has 3 N–H and O–H groups in total. The van der Waals surface area contributed by atoms with E-state index < -0.39 is 45.3 Å². The van der Waals surface area contributed by atoms with Crippen LogP contribution in [0.4, 0.5) is 24.7 Å². The van der Waals surface area contributed by atoms with Gasteiger partial charge in [-0.3, -0.25) is 14.2 Å². The van der Waals surface area contributed by atoms with E-state index in [0.29, 0.717) is 19.2 Å². The molecule has 2 aromatic heterocycles. The third kappa shape index (κ3) is 4.09. The molecule has 0 unspecified atom stereocenters. The summed E-state index contributed by atoms with van der Waals surface area (Å²) < 4.78 is 44.8. The van der Waals surface area contributed by atoms with E-state index in [1.807, 2.05) is 13.8 Å². The van der Waals surface area contributed by atoms with Crippen molar-refractivity contribution in [3.63, 3.8) is 0 Å². The van der Waals surface area contributed by atoms with Crippen molar-refractivity contribution in [2.75, 3.05) is 23.7 Å². The van der Waals surface area contributed by atoms with Crippen LogP contribution in [0, 0.1) is 17.5 Å². The van der Waals surface area contributed by atoms with Crippen molar-refractivity contribution in [1.29, 1.82) is 0 Å². The monoisotopic (exact) mass is 543 g/mol. The Bertz CT molecular complexity index is 1360. The van der Waals surface area contributed by atoms with Crippen LogP contribution in [0.1, 0.15) is 24.2 Å². The average molecular weight is 545 g/mol. The van der Waals surface area contributed by atoms with Crippen molar-refractivity contribution in [2.45, 2.75) is 25.9 Å². The van der Waals surface area contributed by atoms with Crippen LogP contribution in [0.2, 0.25) is 0 Å². The van der Waals surface area contributed by atoms with E-state index in [4.69, 9.17) is 17.3 Å². The van der Waals surface area contributed by atoms with Gasteiger partial charge in [0.2, 0.25) is 5.43 Å². The molecule has 12 heteroatoms. The first-order valence-electron chi connectivity index (χ1n) is 9.89. The average Bonchev–Trinajstić information content (AvgIpc) is 2.69. The molecular formula is C21H18BrClF3N5O2. The lowest BCUT2D eigenvalue weighted by molar-refractivity contribution is 0.108. The number of nitrogens with two attached hydrogens (primary N) is 1. The van der Waals surface area contributed by atoms with Gasteiger partial charge in [0.15, 0.2) is 23.3 Å². The van der Waals surface area contributed by atoms with E-state index in [1.165, 1.54) is 0 Å². The molecule has 0 radical (unpaired) electrons. The third-order valence-corrected chi connectivity index (χ3v) is 6.26. The Morgan fingerprint density at radius 1 is 1.24 bits per heavy atom. The van der Waals surface area contributed by atoms with Gasteiger partial charge in [0, 0.05) is 37.4 Å². The minimum atomic E-state index is -1.13. The molecule has 174 valence electrons. The van der Waals surface area contributed by atoms with E-state index in [9.17, 15) is 18.4 Å². The second-order valence-electron chi connectivity index (χ2n) is 8.02. The summed E-state index contributed by atoms with van der Waals surface area (Å²) in [5.41, 5.74) is 4.32. The number of fused-ring (bicyclic) bond motifs is 1. The summed E-state index contributed by atoms with van der Waals surface area (Å²) in [5, 5.41) is 1.98. The summed E-state index contributed by atoms with van der Waals surface area (Å²) in [4.78, 5) is 30.2. The fourth-order valence-electron chi connectivity index (χ4n) is 3.88. The van der Waals surface area contributed by atoms with Gasteiger partial charge in [0.25, 0.3) is 5.24 Å². The Morgan fingerprint density at radius 3 is 2.52 bits per heavy atom. The number of rotatable bonds is 5. The Kier molecular flexibility index (Phi) is 6.14. The van der Waals surface area contributed by atoms with Crippen LogP contribution in [0.15, 0.2) is 27.6 Å². The van der Waals surface area contributed by atoms with Crippen molar-refractivity contribution in [3.05, 3.63) is 56.0 Å². The zero-order valence-electron chi connectivity index (χ0n) is 17.4. The number of benzene rings is 1. The van der Waals surface area contributed by atoms with Gasteiger partial charge in [0.1, 0.15) is 5.82 Å². The SMILES string of the molecule is CC(C)NC1CN(c2c(F)cc3c(=O)c(C(=O)Cl)cn(-c4nc(N)c(F)cc4F)c3c2Br)C1. The fraction of sp³-hybridized carbons (Fsp3) is 0.286. The zero-order valence-corrected chi connectivity index (χ0v) is 19.8. The van der Waals surface area contributed by atoms with Gasteiger partial charge in [-0.05, 0) is 33.6 Å². The molecule has 0 aliphatic carbocycles. The van der Waals surface area contributed by atoms with Gasteiger partial charge >= 0.3 is 0 Å². The Balaban J connectivity index is 1.99. The highest BCUT2D eigenvalue weighted by molar-refractivity contribution is 9.10. The number of pyridine rings is 2. The van der Waals surface area contributed by atoms with Crippen LogP contribution in [-0.4, -0.2) is 40.0 Å². The van der Waals surface area contributed by atoms with Gasteiger partial charge in [-0.25, -0.2) is 18.2 Å². The Hall–Kier alpha value is -2.63. The van der Waals surface area contributed by atoms with Crippen molar-refractivity contribution in [1.82, 2.24) is 14.9 Å². The summed E-state index contributed by atoms with van der Waals surface area (Å²) in [6.45, 7) is 4.99. The van der Waals surface area contributed by atoms with E-state index in [1.54, 1.807) is 4.90 Å². The number of nitrogen functional groups attached to an aromatic ring is 1. The molecule has 0 bridgehead atoms. The highest BCUT2D eigenvalue weighted by Gasteiger charge is 2.32. The van der Waals surface area contributed by atoms with E-state index in [-0.39, 0.29) is 33.1 Å². The molecular weight excluding hydrogens is 527 g/mol. The number of nitrogens with zero attached hydrogens (tertiary/aromatic N) is 3. The van der Waals surface area contributed by atoms with E-state index in [2.05, 4.69) is 26.2 Å². The molecule has 3 aromatic rings. The number of hydrogen-bond donors (Lipinski definition) is 2. The van der Waals surface area contributed by atoms with Crippen LogP contribution >= 0.6 is 27.5 Å². The number of carbonyl (C=O) groups excluding carboxylic acids is 1. The molecule has 0 saturated carbocycles. The van der Waals surface area contributed by atoms with Gasteiger partial charge in [-0.2, -0.15) is 0 Å². The largest absolute Gasteiger partial charge is 0.381 e. The minimum Gasteiger partial charge on any atom is -0.381 e. The Morgan fingerprint density at radius 2 is 1.91 bits per heavy atom. The molecule has 1 aliphatic heterocycles.